The molecule has 0 aliphatic carbocycles. The highest BCUT2D eigenvalue weighted by Crippen LogP contribution is 2.35. The maximum atomic E-state index is 5.43. The fourth-order valence-corrected chi connectivity index (χ4v) is 2.88. The molecule has 1 heterocycles. The monoisotopic (exact) mass is 316 g/mol. The van der Waals surface area contributed by atoms with Crippen molar-refractivity contribution in [2.45, 2.75) is 0 Å². The Morgan fingerprint density at radius 2 is 1.74 bits per heavy atom. The van der Waals surface area contributed by atoms with Crippen LogP contribution in [0.1, 0.15) is 0 Å². The van der Waals surface area contributed by atoms with Crippen LogP contribution in [0.15, 0.2) is 46.9 Å². The molecule has 1 aliphatic rings. The minimum Gasteiger partial charge on any atom is -0.378 e. The molecular weight excluding hydrogens is 302 g/mol. The molecule has 0 amide bonds. The van der Waals surface area contributed by atoms with E-state index < -0.39 is 0 Å². The minimum absolute atomic E-state index is 0.802. The fourth-order valence-electron chi connectivity index (χ4n) is 2.41. The van der Waals surface area contributed by atoms with E-state index in [-0.39, 0.29) is 0 Å². The van der Waals surface area contributed by atoms with Crippen LogP contribution in [0.5, 0.6) is 0 Å². The standard InChI is InChI=1S/C16H15BrNO/c17-15-7-3-1-5-13(15)14-6-2-4-8-16(14)18-9-11-19-12-10-18/h1-6,8H,9-12H2. The first-order valence-electron chi connectivity index (χ1n) is 6.44. The number of nitrogens with zero attached hydrogens (tertiary/aromatic N) is 1. The number of hydrogen-bond acceptors (Lipinski definition) is 2. The predicted octanol–water partition coefficient (Wildman–Crippen LogP) is 3.75. The number of para-hydroxylation sites is 1. The second kappa shape index (κ2) is 5.76. The van der Waals surface area contributed by atoms with Gasteiger partial charge in [0, 0.05) is 28.8 Å². The van der Waals surface area contributed by atoms with Crippen LogP contribution in [0.3, 0.4) is 0 Å². The van der Waals surface area contributed by atoms with Gasteiger partial charge in [0.15, 0.2) is 0 Å². The third-order valence-electron chi connectivity index (χ3n) is 3.35. The van der Waals surface area contributed by atoms with Gasteiger partial charge in [0.05, 0.1) is 13.2 Å². The Kier molecular flexibility index (Phi) is 3.85. The highest BCUT2D eigenvalue weighted by Gasteiger charge is 2.16. The Morgan fingerprint density at radius 1 is 1.00 bits per heavy atom. The Labute approximate surface area is 122 Å². The quantitative estimate of drug-likeness (QED) is 0.836. The summed E-state index contributed by atoms with van der Waals surface area (Å²) < 4.78 is 6.44. The smallest absolute Gasteiger partial charge is 0.0642 e. The zero-order valence-corrected chi connectivity index (χ0v) is 12.2. The molecule has 0 saturated carbocycles. The molecule has 0 atom stereocenters. The third-order valence-corrected chi connectivity index (χ3v) is 4.01. The first kappa shape index (κ1) is 12.7. The first-order valence-corrected chi connectivity index (χ1v) is 7.24. The molecule has 2 aromatic rings. The second-order valence-corrected chi connectivity index (χ2v) is 5.31. The van der Waals surface area contributed by atoms with Gasteiger partial charge >= 0.3 is 0 Å². The van der Waals surface area contributed by atoms with Crippen molar-refractivity contribution in [2.75, 3.05) is 31.2 Å². The third kappa shape index (κ3) is 2.67. The highest BCUT2D eigenvalue weighted by atomic mass is 79.9. The largest absolute Gasteiger partial charge is 0.378 e. The molecule has 2 nitrogen and oxygen atoms in total. The highest BCUT2D eigenvalue weighted by molar-refractivity contribution is 9.10. The van der Waals surface area contributed by atoms with Gasteiger partial charge in [-0.15, -0.1) is 0 Å². The van der Waals surface area contributed by atoms with Crippen molar-refractivity contribution in [3.05, 3.63) is 53.0 Å². The summed E-state index contributed by atoms with van der Waals surface area (Å²) in [5.74, 6) is 0. The summed E-state index contributed by atoms with van der Waals surface area (Å²) in [6.45, 7) is 3.50. The Balaban J connectivity index is 2.04. The number of ether oxygens (including phenoxy) is 1. The van der Waals surface area contributed by atoms with E-state index in [4.69, 9.17) is 4.74 Å². The van der Waals surface area contributed by atoms with E-state index >= 15 is 0 Å². The minimum atomic E-state index is 0.802. The van der Waals surface area contributed by atoms with Crippen LogP contribution in [0.2, 0.25) is 0 Å². The molecule has 1 saturated heterocycles. The molecule has 1 fully saturated rings. The number of hydrogen-bond donors (Lipinski definition) is 0. The van der Waals surface area contributed by atoms with Gasteiger partial charge in [-0.3, -0.25) is 0 Å². The van der Waals surface area contributed by atoms with E-state index in [2.05, 4.69) is 57.2 Å². The van der Waals surface area contributed by atoms with Gasteiger partial charge in [0.2, 0.25) is 0 Å². The Hall–Kier alpha value is -1.32. The summed E-state index contributed by atoms with van der Waals surface area (Å²) >= 11 is 3.59. The summed E-state index contributed by atoms with van der Waals surface area (Å²) in [6.07, 6.45) is 0. The van der Waals surface area contributed by atoms with Crippen molar-refractivity contribution in [1.82, 2.24) is 0 Å². The average molecular weight is 317 g/mol. The lowest BCUT2D eigenvalue weighted by Gasteiger charge is -2.30. The van der Waals surface area contributed by atoms with Gasteiger partial charge in [0.1, 0.15) is 0 Å². The number of anilines is 1. The molecule has 3 rings (SSSR count). The van der Waals surface area contributed by atoms with E-state index in [1.165, 1.54) is 16.8 Å². The summed E-state index contributed by atoms with van der Waals surface area (Å²) in [6, 6.07) is 17.8. The zero-order valence-electron chi connectivity index (χ0n) is 10.6. The molecule has 1 radical (unpaired) electrons. The van der Waals surface area contributed by atoms with Crippen LogP contribution in [0, 0.1) is 6.07 Å². The lowest BCUT2D eigenvalue weighted by atomic mass is 10.0. The van der Waals surface area contributed by atoms with Gasteiger partial charge in [-0.25, -0.2) is 0 Å². The van der Waals surface area contributed by atoms with Crippen molar-refractivity contribution < 1.29 is 4.74 Å². The number of morpholine rings is 1. The number of benzene rings is 2. The van der Waals surface area contributed by atoms with Crippen molar-refractivity contribution >= 4 is 21.6 Å². The maximum absolute atomic E-state index is 5.43. The molecular formula is C16H15BrNO. The molecule has 0 bridgehead atoms. The summed E-state index contributed by atoms with van der Waals surface area (Å²) in [5.41, 5.74) is 3.70. The van der Waals surface area contributed by atoms with Crippen molar-refractivity contribution in [3.63, 3.8) is 0 Å². The summed E-state index contributed by atoms with van der Waals surface area (Å²) in [4.78, 5) is 2.39. The SMILES string of the molecule is Brc1[c]cccc1-c1ccccc1N1CCOCC1. The van der Waals surface area contributed by atoms with Crippen LogP contribution in [0.4, 0.5) is 5.69 Å². The number of rotatable bonds is 2. The van der Waals surface area contributed by atoms with Gasteiger partial charge in [-0.05, 0) is 33.6 Å². The molecule has 2 aromatic carbocycles. The van der Waals surface area contributed by atoms with Crippen molar-refractivity contribution in [2.24, 2.45) is 0 Å². The van der Waals surface area contributed by atoms with E-state index in [1.807, 2.05) is 12.1 Å². The molecule has 19 heavy (non-hydrogen) atoms. The first-order chi connectivity index (χ1) is 9.36. The molecule has 0 aromatic heterocycles. The van der Waals surface area contributed by atoms with Gasteiger partial charge < -0.3 is 9.64 Å². The van der Waals surface area contributed by atoms with E-state index in [9.17, 15) is 0 Å². The molecule has 1 aliphatic heterocycles. The fraction of sp³-hybridized carbons (Fsp3) is 0.250. The van der Waals surface area contributed by atoms with E-state index in [1.54, 1.807) is 0 Å². The van der Waals surface area contributed by atoms with Crippen molar-refractivity contribution in [1.29, 1.82) is 0 Å². The summed E-state index contributed by atoms with van der Waals surface area (Å²) in [5, 5.41) is 0. The normalized spacial score (nSPS) is 15.5. The van der Waals surface area contributed by atoms with Crippen LogP contribution in [-0.2, 0) is 4.74 Å². The lowest BCUT2D eigenvalue weighted by molar-refractivity contribution is 0.123. The summed E-state index contributed by atoms with van der Waals surface area (Å²) in [7, 11) is 0. The molecule has 3 heteroatoms. The zero-order chi connectivity index (χ0) is 13.1. The van der Waals surface area contributed by atoms with Crippen LogP contribution in [0.25, 0.3) is 11.1 Å². The van der Waals surface area contributed by atoms with Crippen molar-refractivity contribution in [3.8, 4) is 11.1 Å². The Morgan fingerprint density at radius 3 is 2.53 bits per heavy atom. The topological polar surface area (TPSA) is 12.5 Å². The molecule has 0 N–H and O–H groups in total. The Bertz CT molecular complexity index is 564. The van der Waals surface area contributed by atoms with E-state index in [0.29, 0.717) is 0 Å². The lowest BCUT2D eigenvalue weighted by Crippen LogP contribution is -2.36. The van der Waals surface area contributed by atoms with Crippen LogP contribution < -0.4 is 4.90 Å². The van der Waals surface area contributed by atoms with Gasteiger partial charge in [-0.1, -0.05) is 36.4 Å². The van der Waals surface area contributed by atoms with Crippen LogP contribution >= 0.6 is 15.9 Å². The van der Waals surface area contributed by atoms with Crippen LogP contribution in [-0.4, -0.2) is 26.3 Å². The second-order valence-electron chi connectivity index (χ2n) is 4.51. The average Bonchev–Trinajstić information content (AvgIpc) is 2.49. The molecule has 97 valence electrons. The molecule has 0 spiro atoms. The predicted molar refractivity (Wildman–Crippen MR) is 81.4 cm³/mol. The maximum Gasteiger partial charge on any atom is 0.0642 e. The van der Waals surface area contributed by atoms with E-state index in [0.717, 1.165) is 30.8 Å². The molecule has 0 unspecified atom stereocenters. The number of halogens is 1. The van der Waals surface area contributed by atoms with Gasteiger partial charge in [0.25, 0.3) is 0 Å². The van der Waals surface area contributed by atoms with Gasteiger partial charge in [-0.2, -0.15) is 0 Å².